The Kier molecular flexibility index (Phi) is 3.40. The summed E-state index contributed by atoms with van der Waals surface area (Å²) in [6.45, 7) is 7.09. The number of pyridine rings is 1. The lowest BCUT2D eigenvalue weighted by atomic mass is 9.68. The van der Waals surface area contributed by atoms with E-state index in [0.29, 0.717) is 11.5 Å². The number of carbonyl (C=O) groups is 1. The fourth-order valence-corrected chi connectivity index (χ4v) is 5.85. The minimum Gasteiger partial charge on any atom is -0.285 e. The number of rotatable bonds is 2. The fourth-order valence-electron chi connectivity index (χ4n) is 5.85. The number of hydrogen-bond acceptors (Lipinski definition) is 3. The highest BCUT2D eigenvalue weighted by atomic mass is 16.2. The lowest BCUT2D eigenvalue weighted by molar-refractivity contribution is 0.0566. The van der Waals surface area contributed by atoms with Crippen LogP contribution in [-0.2, 0) is 0 Å². The van der Waals surface area contributed by atoms with Gasteiger partial charge in [-0.1, -0.05) is 45.0 Å². The van der Waals surface area contributed by atoms with Crippen LogP contribution in [0.5, 0.6) is 0 Å². The molecule has 0 radical (unpaired) electrons. The predicted octanol–water partition coefficient (Wildman–Crippen LogP) is 4.18. The van der Waals surface area contributed by atoms with Gasteiger partial charge in [0.2, 0.25) is 0 Å². The highest BCUT2D eigenvalue weighted by Crippen LogP contribution is 2.68. The van der Waals surface area contributed by atoms with E-state index in [2.05, 4.69) is 25.8 Å². The van der Waals surface area contributed by atoms with Crippen molar-refractivity contribution < 1.29 is 4.79 Å². The molecule has 2 aliphatic carbocycles. The highest BCUT2D eigenvalue weighted by Gasteiger charge is 2.70. The minimum absolute atomic E-state index is 0.0390. The molecule has 1 aromatic heterocycles. The molecule has 3 aliphatic rings. The van der Waals surface area contributed by atoms with Gasteiger partial charge in [0.1, 0.15) is 5.69 Å². The van der Waals surface area contributed by atoms with Crippen molar-refractivity contribution in [2.24, 2.45) is 21.7 Å². The van der Waals surface area contributed by atoms with Crippen LogP contribution < -0.4 is 0 Å². The maximum absolute atomic E-state index is 13.6. The van der Waals surface area contributed by atoms with Gasteiger partial charge in [0.25, 0.3) is 5.91 Å². The number of fused-ring (bicyclic) bond motifs is 5. The van der Waals surface area contributed by atoms with Gasteiger partial charge in [0, 0.05) is 11.8 Å². The van der Waals surface area contributed by atoms with E-state index in [4.69, 9.17) is 4.99 Å². The lowest BCUT2D eigenvalue weighted by Crippen LogP contribution is -2.52. The van der Waals surface area contributed by atoms with Crippen LogP contribution in [0.15, 0.2) is 59.7 Å². The van der Waals surface area contributed by atoms with E-state index in [1.807, 2.05) is 53.4 Å². The van der Waals surface area contributed by atoms with Crippen molar-refractivity contribution in [3.05, 3.63) is 66.0 Å². The standard InChI is InChI=1S/C23H25N3O/c1-22(2)16-12-13-23(22,3)19-18(16)25-20(17-11-7-8-14-24-17)26(19)21(27)15-9-5-4-6-10-15/h4-11,14,16,18-19H,12-13H2,1-3H3/t16-,18-,19-,23+/m0/s1. The quantitative estimate of drug-likeness (QED) is 0.807. The Balaban J connectivity index is 1.66. The topological polar surface area (TPSA) is 45.6 Å². The van der Waals surface area contributed by atoms with E-state index in [9.17, 15) is 4.79 Å². The van der Waals surface area contributed by atoms with Crippen LogP contribution in [0.2, 0.25) is 0 Å². The molecule has 1 aliphatic heterocycles. The number of amides is 1. The van der Waals surface area contributed by atoms with Gasteiger partial charge in [-0.15, -0.1) is 0 Å². The zero-order valence-electron chi connectivity index (χ0n) is 16.1. The molecule has 0 N–H and O–H groups in total. The van der Waals surface area contributed by atoms with Crippen LogP contribution in [0.4, 0.5) is 0 Å². The molecular weight excluding hydrogens is 334 g/mol. The van der Waals surface area contributed by atoms with Crippen molar-refractivity contribution in [3.8, 4) is 0 Å². The summed E-state index contributed by atoms with van der Waals surface area (Å²) in [6.07, 6.45) is 4.11. The number of benzene rings is 1. The molecule has 0 unspecified atom stereocenters. The Hall–Kier alpha value is -2.49. The second-order valence-electron chi connectivity index (χ2n) is 8.93. The van der Waals surface area contributed by atoms with Crippen molar-refractivity contribution in [1.29, 1.82) is 0 Å². The molecule has 1 aromatic carbocycles. The molecule has 2 fully saturated rings. The summed E-state index contributed by atoms with van der Waals surface area (Å²) in [7, 11) is 0. The minimum atomic E-state index is 0.0390. The normalized spacial score (nSPS) is 33.1. The summed E-state index contributed by atoms with van der Waals surface area (Å²) in [6, 6.07) is 15.7. The van der Waals surface area contributed by atoms with E-state index in [1.54, 1.807) is 6.20 Å². The fraction of sp³-hybridized carbons (Fsp3) is 0.435. The van der Waals surface area contributed by atoms with Crippen molar-refractivity contribution in [2.45, 2.75) is 45.7 Å². The smallest absolute Gasteiger partial charge is 0.259 e. The second-order valence-corrected chi connectivity index (χ2v) is 8.93. The molecule has 0 saturated heterocycles. The monoisotopic (exact) mass is 359 g/mol. The van der Waals surface area contributed by atoms with Gasteiger partial charge in [-0.3, -0.25) is 19.7 Å². The number of carbonyl (C=O) groups excluding carboxylic acids is 1. The molecule has 2 heterocycles. The lowest BCUT2D eigenvalue weighted by Gasteiger charge is -2.42. The molecule has 4 heteroatoms. The van der Waals surface area contributed by atoms with E-state index in [-0.39, 0.29) is 28.8 Å². The maximum Gasteiger partial charge on any atom is 0.259 e. The van der Waals surface area contributed by atoms with Gasteiger partial charge in [-0.2, -0.15) is 0 Å². The Morgan fingerprint density at radius 1 is 1.07 bits per heavy atom. The summed E-state index contributed by atoms with van der Waals surface area (Å²) < 4.78 is 0. The number of amidine groups is 1. The second kappa shape index (κ2) is 5.51. The number of aromatic nitrogens is 1. The Bertz CT molecular complexity index is 921. The van der Waals surface area contributed by atoms with Gasteiger partial charge in [-0.05, 0) is 53.9 Å². The molecule has 2 saturated carbocycles. The van der Waals surface area contributed by atoms with E-state index >= 15 is 0 Å². The first-order valence-electron chi connectivity index (χ1n) is 9.83. The predicted molar refractivity (Wildman–Crippen MR) is 106 cm³/mol. The van der Waals surface area contributed by atoms with Gasteiger partial charge >= 0.3 is 0 Å². The van der Waals surface area contributed by atoms with Crippen molar-refractivity contribution in [3.63, 3.8) is 0 Å². The third-order valence-corrected chi connectivity index (χ3v) is 7.67. The van der Waals surface area contributed by atoms with Gasteiger partial charge < -0.3 is 0 Å². The molecule has 2 bridgehead atoms. The van der Waals surface area contributed by atoms with Crippen LogP contribution in [0.3, 0.4) is 0 Å². The first-order valence-corrected chi connectivity index (χ1v) is 9.83. The number of aliphatic imine (C=N–C) groups is 1. The van der Waals surface area contributed by atoms with Crippen LogP contribution in [0.25, 0.3) is 0 Å². The summed E-state index contributed by atoms with van der Waals surface area (Å²) in [5, 5.41) is 0. The Morgan fingerprint density at radius 2 is 1.81 bits per heavy atom. The van der Waals surface area contributed by atoms with E-state index in [1.165, 1.54) is 6.42 Å². The van der Waals surface area contributed by atoms with E-state index in [0.717, 1.165) is 18.0 Å². The van der Waals surface area contributed by atoms with Crippen LogP contribution >= 0.6 is 0 Å². The zero-order valence-corrected chi connectivity index (χ0v) is 16.1. The van der Waals surface area contributed by atoms with Crippen molar-refractivity contribution in [1.82, 2.24) is 9.88 Å². The molecule has 138 valence electrons. The molecule has 2 aromatic rings. The molecule has 1 amide bonds. The van der Waals surface area contributed by atoms with Crippen LogP contribution in [0, 0.1) is 16.7 Å². The SMILES string of the molecule is CC1(C)[C@H]2CC[C@]1(C)[C@@H]1[C@H]2N=C(c2ccccn2)N1C(=O)c1ccccc1. The summed E-state index contributed by atoms with van der Waals surface area (Å²) in [5.74, 6) is 1.30. The summed E-state index contributed by atoms with van der Waals surface area (Å²) in [4.78, 5) is 25.2. The van der Waals surface area contributed by atoms with Gasteiger partial charge in [0.05, 0.1) is 12.1 Å². The third kappa shape index (κ3) is 2.07. The summed E-state index contributed by atoms with van der Waals surface area (Å²) >= 11 is 0. The third-order valence-electron chi connectivity index (χ3n) is 7.67. The first-order chi connectivity index (χ1) is 12.9. The Labute approximate surface area is 160 Å². The average molecular weight is 359 g/mol. The summed E-state index contributed by atoms with van der Waals surface area (Å²) in [5.41, 5.74) is 1.74. The number of nitrogens with zero attached hydrogens (tertiary/aromatic N) is 3. The maximum atomic E-state index is 13.6. The molecular formula is C23H25N3O. The first kappa shape index (κ1) is 16.7. The van der Waals surface area contributed by atoms with Crippen LogP contribution in [0.1, 0.15) is 49.7 Å². The zero-order chi connectivity index (χ0) is 18.8. The molecule has 5 rings (SSSR count). The molecule has 4 atom stereocenters. The van der Waals surface area contributed by atoms with E-state index < -0.39 is 0 Å². The van der Waals surface area contributed by atoms with Gasteiger partial charge in [-0.25, -0.2) is 0 Å². The molecule has 4 nitrogen and oxygen atoms in total. The highest BCUT2D eigenvalue weighted by molar-refractivity contribution is 6.13. The van der Waals surface area contributed by atoms with Crippen LogP contribution in [-0.4, -0.2) is 33.7 Å². The average Bonchev–Trinajstić information content (AvgIpc) is 3.24. The van der Waals surface area contributed by atoms with Crippen molar-refractivity contribution in [2.75, 3.05) is 0 Å². The van der Waals surface area contributed by atoms with Crippen molar-refractivity contribution >= 4 is 11.7 Å². The molecule has 0 spiro atoms. The Morgan fingerprint density at radius 3 is 2.52 bits per heavy atom. The molecule has 27 heavy (non-hydrogen) atoms. The largest absolute Gasteiger partial charge is 0.285 e. The van der Waals surface area contributed by atoms with Gasteiger partial charge in [0.15, 0.2) is 5.84 Å². The number of hydrogen-bond donors (Lipinski definition) is 0.